The van der Waals surface area contributed by atoms with Crippen LogP contribution in [0, 0.1) is 11.3 Å². The fourth-order valence-electron chi connectivity index (χ4n) is 4.08. The highest BCUT2D eigenvalue weighted by molar-refractivity contribution is 5.75. The molecule has 1 fully saturated rings. The molecular formula is C20H22N10. The number of hydrogen-bond acceptors (Lipinski definition) is 7. The van der Waals surface area contributed by atoms with Gasteiger partial charge in [-0.25, -0.2) is 0 Å². The van der Waals surface area contributed by atoms with Gasteiger partial charge in [0.05, 0.1) is 23.4 Å². The molecule has 1 unspecified atom stereocenters. The minimum Gasteiger partial charge on any atom is -0.384 e. The van der Waals surface area contributed by atoms with Gasteiger partial charge >= 0.3 is 0 Å². The number of hydrogen-bond donors (Lipinski definition) is 1. The normalized spacial score (nSPS) is 18.4. The average molecular weight is 402 g/mol. The molecule has 1 aromatic carbocycles. The van der Waals surface area contributed by atoms with Crippen LogP contribution >= 0.6 is 0 Å². The van der Waals surface area contributed by atoms with Gasteiger partial charge in [-0.15, -0.1) is 15.3 Å². The lowest BCUT2D eigenvalue weighted by atomic mass is 10.2. The molecule has 5 rings (SSSR count). The van der Waals surface area contributed by atoms with E-state index in [2.05, 4.69) is 31.5 Å². The van der Waals surface area contributed by atoms with Crippen LogP contribution in [0.5, 0.6) is 0 Å². The van der Waals surface area contributed by atoms with Crippen molar-refractivity contribution in [2.75, 3.05) is 18.0 Å². The van der Waals surface area contributed by atoms with Gasteiger partial charge in [0.25, 0.3) is 0 Å². The second kappa shape index (κ2) is 7.18. The summed E-state index contributed by atoms with van der Waals surface area (Å²) in [6.45, 7) is 1.62. The zero-order chi connectivity index (χ0) is 20.7. The van der Waals surface area contributed by atoms with E-state index in [0.717, 1.165) is 54.9 Å². The van der Waals surface area contributed by atoms with E-state index in [-0.39, 0.29) is 6.04 Å². The van der Waals surface area contributed by atoms with Crippen LogP contribution in [0.2, 0.25) is 0 Å². The summed E-state index contributed by atoms with van der Waals surface area (Å²) in [5.74, 6) is 2.53. The standard InChI is InChI=1S/C20H22N10/c1-27-18(16-13-22-8-9-23-16)24-25-20(27)29-10-4-7-17(29)19-26-30(28(19)2)15-6-3-5-14(11-15)12-21/h3,5-6,9,11,13,17,22H,4,7-8,10H2,1-2H3. The van der Waals surface area contributed by atoms with E-state index in [9.17, 15) is 0 Å². The van der Waals surface area contributed by atoms with Crippen molar-refractivity contribution in [3.63, 3.8) is 0 Å². The number of rotatable bonds is 4. The van der Waals surface area contributed by atoms with Crippen LogP contribution < -0.4 is 10.2 Å². The van der Waals surface area contributed by atoms with E-state index in [0.29, 0.717) is 5.56 Å². The molecule has 30 heavy (non-hydrogen) atoms. The lowest BCUT2D eigenvalue weighted by Crippen LogP contribution is -2.35. The number of aromatic nitrogens is 6. The Morgan fingerprint density at radius 2 is 2.13 bits per heavy atom. The maximum absolute atomic E-state index is 9.15. The van der Waals surface area contributed by atoms with E-state index in [1.807, 2.05) is 58.8 Å². The van der Waals surface area contributed by atoms with Crippen molar-refractivity contribution in [1.29, 1.82) is 5.26 Å². The molecule has 2 aliphatic rings. The summed E-state index contributed by atoms with van der Waals surface area (Å²) >= 11 is 0. The van der Waals surface area contributed by atoms with Gasteiger partial charge in [-0.1, -0.05) is 6.07 Å². The highest BCUT2D eigenvalue weighted by Crippen LogP contribution is 2.35. The SMILES string of the molecule is Cn1c(C2=CNCC=N2)nnc1N1CCCC1c1nn(-c2cccc(C#N)c2)n1C. The first-order valence-corrected chi connectivity index (χ1v) is 9.92. The Hall–Kier alpha value is -3.87. The van der Waals surface area contributed by atoms with Crippen molar-refractivity contribution in [2.24, 2.45) is 19.1 Å². The molecule has 3 aromatic rings. The fraction of sp³-hybridized carbons (Fsp3) is 0.350. The molecule has 2 aromatic heterocycles. The lowest BCUT2D eigenvalue weighted by molar-refractivity contribution is 0.396. The summed E-state index contributed by atoms with van der Waals surface area (Å²) in [6.07, 6.45) is 5.76. The zero-order valence-corrected chi connectivity index (χ0v) is 16.9. The minimum atomic E-state index is 0.128. The van der Waals surface area contributed by atoms with E-state index >= 15 is 0 Å². The molecule has 0 spiro atoms. The summed E-state index contributed by atoms with van der Waals surface area (Å²) in [5.41, 5.74) is 2.27. The number of nitrogens with zero attached hydrogens (tertiary/aromatic N) is 9. The van der Waals surface area contributed by atoms with Crippen LogP contribution in [0.4, 0.5) is 5.95 Å². The molecule has 1 N–H and O–H groups in total. The van der Waals surface area contributed by atoms with Gasteiger partial charge in [0.2, 0.25) is 5.95 Å². The quantitative estimate of drug-likeness (QED) is 0.710. The topological polar surface area (TPSA) is 105 Å². The third-order valence-corrected chi connectivity index (χ3v) is 5.59. The second-order valence-corrected chi connectivity index (χ2v) is 7.42. The van der Waals surface area contributed by atoms with Gasteiger partial charge < -0.3 is 10.2 Å². The lowest BCUT2D eigenvalue weighted by Gasteiger charge is -2.30. The van der Waals surface area contributed by atoms with Crippen LogP contribution in [-0.2, 0) is 14.1 Å². The molecule has 4 heterocycles. The summed E-state index contributed by atoms with van der Waals surface area (Å²) in [5, 5.41) is 25.9. The van der Waals surface area contributed by atoms with E-state index < -0.39 is 0 Å². The van der Waals surface area contributed by atoms with Crippen molar-refractivity contribution in [1.82, 2.24) is 34.7 Å². The second-order valence-electron chi connectivity index (χ2n) is 7.42. The summed E-state index contributed by atoms with van der Waals surface area (Å²) in [4.78, 5) is 8.50. The third kappa shape index (κ3) is 2.86. The zero-order valence-electron chi connectivity index (χ0n) is 16.9. The van der Waals surface area contributed by atoms with E-state index in [4.69, 9.17) is 10.4 Å². The summed E-state index contributed by atoms with van der Waals surface area (Å²) in [7, 11) is 3.96. The van der Waals surface area contributed by atoms with Crippen LogP contribution in [-0.4, -0.2) is 48.6 Å². The highest BCUT2D eigenvalue weighted by Gasteiger charge is 2.35. The first kappa shape index (κ1) is 18.2. The number of nitrogens with one attached hydrogen (secondary N) is 1. The van der Waals surface area contributed by atoms with Gasteiger partial charge in [0.15, 0.2) is 11.6 Å². The number of nitriles is 1. The van der Waals surface area contributed by atoms with Gasteiger partial charge in [0, 0.05) is 39.6 Å². The van der Waals surface area contributed by atoms with Crippen molar-refractivity contribution < 1.29 is 0 Å². The molecular weight excluding hydrogens is 380 g/mol. The Labute approximate surface area is 173 Å². The van der Waals surface area contributed by atoms with Crippen molar-refractivity contribution in [2.45, 2.75) is 18.9 Å². The Morgan fingerprint density at radius 3 is 2.90 bits per heavy atom. The van der Waals surface area contributed by atoms with Gasteiger partial charge in [-0.05, 0) is 31.0 Å². The molecule has 1 atom stereocenters. The predicted octanol–water partition coefficient (Wildman–Crippen LogP) is 1.52. The van der Waals surface area contributed by atoms with E-state index in [1.165, 1.54) is 0 Å². The molecule has 2 aliphatic heterocycles. The minimum absolute atomic E-state index is 0.128. The molecule has 0 saturated carbocycles. The third-order valence-electron chi connectivity index (χ3n) is 5.59. The monoisotopic (exact) mass is 402 g/mol. The van der Waals surface area contributed by atoms with Crippen molar-refractivity contribution >= 4 is 17.9 Å². The Balaban J connectivity index is 1.43. The van der Waals surface area contributed by atoms with Crippen molar-refractivity contribution in [3.05, 3.63) is 47.7 Å². The Morgan fingerprint density at radius 1 is 1.23 bits per heavy atom. The Bertz CT molecular complexity index is 1180. The smallest absolute Gasteiger partial charge is 0.227 e. The molecule has 0 amide bonds. The summed E-state index contributed by atoms with van der Waals surface area (Å²) < 4.78 is 4.02. The highest BCUT2D eigenvalue weighted by atomic mass is 15.6. The summed E-state index contributed by atoms with van der Waals surface area (Å²) in [6, 6.07) is 9.75. The maximum atomic E-state index is 9.15. The number of anilines is 1. The maximum Gasteiger partial charge on any atom is 0.227 e. The van der Waals surface area contributed by atoms with Crippen LogP contribution in [0.25, 0.3) is 11.4 Å². The average Bonchev–Trinajstić information content (AvgIpc) is 3.40. The number of benzene rings is 1. The van der Waals surface area contributed by atoms with E-state index in [1.54, 1.807) is 6.07 Å². The predicted molar refractivity (Wildman–Crippen MR) is 112 cm³/mol. The molecule has 0 aliphatic carbocycles. The van der Waals surface area contributed by atoms with Gasteiger partial charge in [-0.2, -0.15) is 10.1 Å². The van der Waals surface area contributed by atoms with Crippen LogP contribution in [0.3, 0.4) is 0 Å². The molecule has 10 nitrogen and oxygen atoms in total. The fourth-order valence-corrected chi connectivity index (χ4v) is 4.08. The first-order valence-electron chi connectivity index (χ1n) is 9.92. The van der Waals surface area contributed by atoms with Gasteiger partial charge in [0.1, 0.15) is 5.70 Å². The van der Waals surface area contributed by atoms with Crippen LogP contribution in [0.15, 0.2) is 35.5 Å². The largest absolute Gasteiger partial charge is 0.384 e. The first-order chi connectivity index (χ1) is 14.7. The molecule has 0 radical (unpaired) electrons. The van der Waals surface area contributed by atoms with Gasteiger partial charge in [-0.3, -0.25) is 14.2 Å². The molecule has 152 valence electrons. The van der Waals surface area contributed by atoms with Crippen LogP contribution in [0.1, 0.15) is 36.1 Å². The molecule has 1 saturated heterocycles. The van der Waals surface area contributed by atoms with Crippen molar-refractivity contribution in [3.8, 4) is 11.8 Å². The number of aliphatic imine (C=N–C) groups is 1. The molecule has 10 heteroatoms. The molecule has 0 bridgehead atoms. The Kier molecular flexibility index (Phi) is 4.35.